The molecule has 0 bridgehead atoms. The van der Waals surface area contributed by atoms with E-state index in [1.165, 1.54) is 23.1 Å². The van der Waals surface area contributed by atoms with Gasteiger partial charge in [-0.05, 0) is 39.3 Å². The van der Waals surface area contributed by atoms with E-state index in [4.69, 9.17) is 0 Å². The molecule has 4 nitrogen and oxygen atoms in total. The maximum atomic E-state index is 13.6. The molecule has 0 unspecified atom stereocenters. The minimum atomic E-state index is -0.521. The van der Waals surface area contributed by atoms with Gasteiger partial charge in [0, 0.05) is 23.5 Å². The van der Waals surface area contributed by atoms with Crippen LogP contribution in [0.1, 0.15) is 28.1 Å². The van der Waals surface area contributed by atoms with Crippen molar-refractivity contribution >= 4 is 17.3 Å². The van der Waals surface area contributed by atoms with E-state index < -0.39 is 11.6 Å². The number of aromatic nitrogens is 1. The molecule has 2 rings (SSSR count). The number of aliphatic imine (C=N–C) groups is 1. The molecule has 0 aliphatic rings. The third-order valence-corrected chi connectivity index (χ3v) is 4.58. The molecule has 2 N–H and O–H groups in total. The molecule has 24 heavy (non-hydrogen) atoms. The predicted molar refractivity (Wildman–Crippen MR) is 94.5 cm³/mol. The Labute approximate surface area is 145 Å². The molecular weight excluding hydrogens is 330 g/mol. The number of nitrogens with zero attached hydrogens (tertiary/aromatic N) is 2. The number of thiazole rings is 1. The van der Waals surface area contributed by atoms with Gasteiger partial charge < -0.3 is 10.6 Å². The van der Waals surface area contributed by atoms with E-state index in [0.717, 1.165) is 10.7 Å². The van der Waals surface area contributed by atoms with Gasteiger partial charge in [0.25, 0.3) is 0 Å². The van der Waals surface area contributed by atoms with E-state index >= 15 is 0 Å². The molecule has 0 saturated carbocycles. The zero-order valence-electron chi connectivity index (χ0n) is 14.1. The fourth-order valence-corrected chi connectivity index (χ4v) is 3.03. The number of hydrogen-bond acceptors (Lipinski definition) is 3. The lowest BCUT2D eigenvalue weighted by atomic mass is 10.1. The van der Waals surface area contributed by atoms with Crippen LogP contribution >= 0.6 is 11.3 Å². The summed E-state index contributed by atoms with van der Waals surface area (Å²) in [6.07, 6.45) is 0.248. The van der Waals surface area contributed by atoms with E-state index in [1.807, 2.05) is 20.8 Å². The Morgan fingerprint density at radius 2 is 1.92 bits per heavy atom. The second-order valence-electron chi connectivity index (χ2n) is 5.32. The Kier molecular flexibility index (Phi) is 6.66. The quantitative estimate of drug-likeness (QED) is 0.619. The molecule has 0 aliphatic carbocycles. The number of hydrogen-bond donors (Lipinski definition) is 2. The molecule has 0 amide bonds. The van der Waals surface area contributed by atoms with Gasteiger partial charge in [-0.15, -0.1) is 11.3 Å². The fourth-order valence-electron chi connectivity index (χ4n) is 2.17. The van der Waals surface area contributed by atoms with Crippen LogP contribution in [0.25, 0.3) is 0 Å². The first-order valence-electron chi connectivity index (χ1n) is 7.89. The van der Waals surface area contributed by atoms with Crippen LogP contribution in [-0.2, 0) is 13.0 Å². The zero-order valence-corrected chi connectivity index (χ0v) is 14.9. The summed E-state index contributed by atoms with van der Waals surface area (Å²) in [5.74, 6) is -0.431. The molecular formula is C17H22F2N4S. The largest absolute Gasteiger partial charge is 0.357 e. The molecule has 0 spiro atoms. The summed E-state index contributed by atoms with van der Waals surface area (Å²) < 4.78 is 27.2. The summed E-state index contributed by atoms with van der Waals surface area (Å²) in [5.41, 5.74) is 1.12. The van der Waals surface area contributed by atoms with E-state index in [-0.39, 0.29) is 12.0 Å². The van der Waals surface area contributed by atoms with E-state index in [0.29, 0.717) is 25.6 Å². The lowest BCUT2D eigenvalue weighted by Gasteiger charge is -2.11. The van der Waals surface area contributed by atoms with Crippen molar-refractivity contribution in [3.63, 3.8) is 0 Å². The third kappa shape index (κ3) is 4.99. The van der Waals surface area contributed by atoms with Gasteiger partial charge in [-0.25, -0.2) is 18.8 Å². The number of rotatable bonds is 6. The number of benzene rings is 1. The Balaban J connectivity index is 1.94. The summed E-state index contributed by atoms with van der Waals surface area (Å²) in [7, 11) is 0. The first-order valence-corrected chi connectivity index (χ1v) is 8.71. The first-order chi connectivity index (χ1) is 11.5. The van der Waals surface area contributed by atoms with E-state index in [9.17, 15) is 8.78 Å². The monoisotopic (exact) mass is 352 g/mol. The molecule has 0 atom stereocenters. The van der Waals surface area contributed by atoms with Crippen molar-refractivity contribution in [2.45, 2.75) is 33.7 Å². The van der Waals surface area contributed by atoms with Gasteiger partial charge in [-0.1, -0.05) is 6.07 Å². The van der Waals surface area contributed by atoms with Gasteiger partial charge in [0.05, 0.1) is 12.2 Å². The lowest BCUT2D eigenvalue weighted by Crippen LogP contribution is -2.38. The topological polar surface area (TPSA) is 49.3 Å². The maximum Gasteiger partial charge on any atom is 0.191 e. The SMILES string of the molecule is CCNC(=NCc1nc(C)c(C)s1)NCCc1c(F)cccc1F. The number of nitrogens with one attached hydrogen (secondary N) is 2. The predicted octanol–water partition coefficient (Wildman–Crippen LogP) is 3.34. The second kappa shape index (κ2) is 8.73. The summed E-state index contributed by atoms with van der Waals surface area (Å²) in [6.45, 7) is 7.54. The maximum absolute atomic E-state index is 13.6. The van der Waals surface area contributed by atoms with Crippen molar-refractivity contribution in [1.82, 2.24) is 15.6 Å². The van der Waals surface area contributed by atoms with Crippen LogP contribution in [0.3, 0.4) is 0 Å². The van der Waals surface area contributed by atoms with Crippen LogP contribution in [0.4, 0.5) is 8.78 Å². The molecule has 2 aromatic rings. The molecule has 0 radical (unpaired) electrons. The van der Waals surface area contributed by atoms with Crippen LogP contribution in [-0.4, -0.2) is 24.0 Å². The summed E-state index contributed by atoms with van der Waals surface area (Å²) in [5, 5.41) is 7.16. The minimum Gasteiger partial charge on any atom is -0.357 e. The average Bonchev–Trinajstić information content (AvgIpc) is 2.86. The number of aryl methyl sites for hydroxylation is 2. The van der Waals surface area contributed by atoms with Crippen LogP contribution in [0.15, 0.2) is 23.2 Å². The van der Waals surface area contributed by atoms with Gasteiger partial charge >= 0.3 is 0 Å². The van der Waals surface area contributed by atoms with Gasteiger partial charge in [0.2, 0.25) is 0 Å². The standard InChI is InChI=1S/C17H22F2N4S/c1-4-20-17(22-10-16-23-11(2)12(3)24-16)21-9-8-13-14(18)6-5-7-15(13)19/h5-7H,4,8-10H2,1-3H3,(H2,20,21,22). The van der Waals surface area contributed by atoms with Crippen LogP contribution in [0.5, 0.6) is 0 Å². The molecule has 1 heterocycles. The third-order valence-electron chi connectivity index (χ3n) is 3.52. The van der Waals surface area contributed by atoms with Gasteiger partial charge in [-0.3, -0.25) is 0 Å². The minimum absolute atomic E-state index is 0.0898. The van der Waals surface area contributed by atoms with Gasteiger partial charge in [0.15, 0.2) is 5.96 Å². The van der Waals surface area contributed by atoms with E-state index in [1.54, 1.807) is 11.3 Å². The molecule has 0 saturated heterocycles. The lowest BCUT2D eigenvalue weighted by molar-refractivity contribution is 0.553. The van der Waals surface area contributed by atoms with Gasteiger partial charge in [0.1, 0.15) is 16.6 Å². The van der Waals surface area contributed by atoms with E-state index in [2.05, 4.69) is 20.6 Å². The molecule has 1 aromatic carbocycles. The highest BCUT2D eigenvalue weighted by Gasteiger charge is 2.08. The van der Waals surface area contributed by atoms with Crippen LogP contribution < -0.4 is 10.6 Å². The Morgan fingerprint density at radius 3 is 2.50 bits per heavy atom. The molecule has 1 aromatic heterocycles. The molecule has 0 aliphatic heterocycles. The van der Waals surface area contributed by atoms with Gasteiger partial charge in [-0.2, -0.15) is 0 Å². The normalized spacial score (nSPS) is 11.6. The first kappa shape index (κ1) is 18.3. The van der Waals surface area contributed by atoms with Crippen LogP contribution in [0, 0.1) is 25.5 Å². The summed E-state index contributed by atoms with van der Waals surface area (Å²) >= 11 is 1.63. The van der Waals surface area contributed by atoms with Crippen molar-refractivity contribution in [1.29, 1.82) is 0 Å². The van der Waals surface area contributed by atoms with Crippen molar-refractivity contribution < 1.29 is 8.78 Å². The smallest absolute Gasteiger partial charge is 0.191 e. The molecule has 7 heteroatoms. The molecule has 0 fully saturated rings. The average molecular weight is 352 g/mol. The molecule has 130 valence electrons. The number of halogens is 2. The zero-order chi connectivity index (χ0) is 17.5. The van der Waals surface area contributed by atoms with Crippen LogP contribution in [0.2, 0.25) is 0 Å². The second-order valence-corrected chi connectivity index (χ2v) is 6.61. The highest BCUT2D eigenvalue weighted by atomic mass is 32.1. The summed E-state index contributed by atoms with van der Waals surface area (Å²) in [4.78, 5) is 10.1. The van der Waals surface area contributed by atoms with Crippen molar-refractivity contribution in [2.75, 3.05) is 13.1 Å². The highest BCUT2D eigenvalue weighted by molar-refractivity contribution is 7.11. The Bertz CT molecular complexity index is 673. The Morgan fingerprint density at radius 1 is 1.21 bits per heavy atom. The highest BCUT2D eigenvalue weighted by Crippen LogP contribution is 2.17. The van der Waals surface area contributed by atoms with Crippen molar-refractivity contribution in [3.8, 4) is 0 Å². The Hall–Kier alpha value is -2.02. The van der Waals surface area contributed by atoms with Crippen molar-refractivity contribution in [3.05, 3.63) is 51.0 Å². The summed E-state index contributed by atoms with van der Waals surface area (Å²) in [6, 6.07) is 3.90. The van der Waals surface area contributed by atoms with Crippen molar-refractivity contribution in [2.24, 2.45) is 4.99 Å². The fraction of sp³-hybridized carbons (Fsp3) is 0.412. The number of guanidine groups is 1.